The Kier molecular flexibility index (Phi) is 6.20. The van der Waals surface area contributed by atoms with E-state index in [4.69, 9.17) is 0 Å². The van der Waals surface area contributed by atoms with Gasteiger partial charge in [-0.3, -0.25) is 4.99 Å². The Morgan fingerprint density at radius 1 is 1.00 bits per heavy atom. The predicted octanol–water partition coefficient (Wildman–Crippen LogP) is 2.57. The number of nitrogens with zero attached hydrogens (tertiary/aromatic N) is 1. The van der Waals surface area contributed by atoms with E-state index in [1.807, 2.05) is 0 Å². The normalized spacial score (nSPS) is 12.1. The van der Waals surface area contributed by atoms with Crippen molar-refractivity contribution in [3.05, 3.63) is 64.7 Å². The SMILES string of the molecule is CN=C(NCc1ccc(S(C)(=O)=O)cc1)NCc1ccc(C)cc1C. The number of hydrogen-bond donors (Lipinski definition) is 2. The minimum Gasteiger partial charge on any atom is -0.352 e. The second-order valence-electron chi connectivity index (χ2n) is 6.13. The van der Waals surface area contributed by atoms with Crippen LogP contribution in [0.25, 0.3) is 0 Å². The minimum atomic E-state index is -3.16. The second kappa shape index (κ2) is 8.16. The molecule has 0 saturated heterocycles. The van der Waals surface area contributed by atoms with Crippen LogP contribution in [-0.4, -0.2) is 27.7 Å². The number of sulfone groups is 1. The predicted molar refractivity (Wildman–Crippen MR) is 103 cm³/mol. The van der Waals surface area contributed by atoms with Gasteiger partial charge in [-0.2, -0.15) is 0 Å². The summed E-state index contributed by atoms with van der Waals surface area (Å²) >= 11 is 0. The first-order chi connectivity index (χ1) is 11.8. The zero-order valence-corrected chi connectivity index (χ0v) is 15.9. The van der Waals surface area contributed by atoms with E-state index in [0.717, 1.165) is 5.56 Å². The summed E-state index contributed by atoms with van der Waals surface area (Å²) in [6, 6.07) is 13.2. The van der Waals surface area contributed by atoms with Gasteiger partial charge in [0, 0.05) is 26.4 Å². The van der Waals surface area contributed by atoms with Crippen molar-refractivity contribution in [3.63, 3.8) is 0 Å². The second-order valence-corrected chi connectivity index (χ2v) is 8.14. The van der Waals surface area contributed by atoms with Gasteiger partial charge in [0.15, 0.2) is 15.8 Å². The van der Waals surface area contributed by atoms with Crippen LogP contribution in [0.2, 0.25) is 0 Å². The summed E-state index contributed by atoms with van der Waals surface area (Å²) in [5, 5.41) is 6.53. The number of benzene rings is 2. The van der Waals surface area contributed by atoms with Gasteiger partial charge in [0.05, 0.1) is 4.90 Å². The largest absolute Gasteiger partial charge is 0.352 e. The van der Waals surface area contributed by atoms with Gasteiger partial charge in [-0.05, 0) is 42.7 Å². The lowest BCUT2D eigenvalue weighted by molar-refractivity contribution is 0.602. The average Bonchev–Trinajstić information content (AvgIpc) is 2.56. The molecule has 0 aliphatic heterocycles. The number of aryl methyl sites for hydroxylation is 2. The molecule has 0 aromatic heterocycles. The van der Waals surface area contributed by atoms with E-state index in [1.54, 1.807) is 31.3 Å². The molecule has 2 N–H and O–H groups in total. The van der Waals surface area contributed by atoms with Crippen LogP contribution in [0.1, 0.15) is 22.3 Å². The molecule has 0 unspecified atom stereocenters. The van der Waals surface area contributed by atoms with Crippen LogP contribution in [0.3, 0.4) is 0 Å². The van der Waals surface area contributed by atoms with Crippen molar-refractivity contribution in [2.24, 2.45) is 4.99 Å². The Labute approximate surface area is 150 Å². The van der Waals surface area contributed by atoms with E-state index in [9.17, 15) is 8.42 Å². The van der Waals surface area contributed by atoms with Gasteiger partial charge >= 0.3 is 0 Å². The van der Waals surface area contributed by atoms with Crippen LogP contribution in [0.4, 0.5) is 0 Å². The smallest absolute Gasteiger partial charge is 0.191 e. The Morgan fingerprint density at radius 3 is 2.20 bits per heavy atom. The molecule has 2 aromatic rings. The third-order valence-corrected chi connectivity index (χ3v) is 5.11. The molecule has 134 valence electrons. The fourth-order valence-corrected chi connectivity index (χ4v) is 3.11. The van der Waals surface area contributed by atoms with Gasteiger partial charge in [0.2, 0.25) is 0 Å². The molecule has 6 heteroatoms. The first-order valence-corrected chi connectivity index (χ1v) is 9.98. The van der Waals surface area contributed by atoms with Crippen LogP contribution >= 0.6 is 0 Å². The molecule has 0 bridgehead atoms. The topological polar surface area (TPSA) is 70.6 Å². The van der Waals surface area contributed by atoms with Crippen molar-refractivity contribution in [2.45, 2.75) is 31.8 Å². The fourth-order valence-electron chi connectivity index (χ4n) is 2.48. The molecular weight excluding hydrogens is 334 g/mol. The van der Waals surface area contributed by atoms with Crippen molar-refractivity contribution in [1.29, 1.82) is 0 Å². The molecular formula is C19H25N3O2S. The molecule has 0 aliphatic rings. The molecule has 5 nitrogen and oxygen atoms in total. The Hall–Kier alpha value is -2.34. The molecule has 0 saturated carbocycles. The van der Waals surface area contributed by atoms with Gasteiger partial charge in [-0.15, -0.1) is 0 Å². The first-order valence-electron chi connectivity index (χ1n) is 8.09. The standard InChI is InChI=1S/C19H25N3O2S/c1-14-5-8-17(15(2)11-14)13-22-19(20-3)21-12-16-6-9-18(10-7-16)25(4,23)24/h5-11H,12-13H2,1-4H3,(H2,20,21,22). The summed E-state index contributed by atoms with van der Waals surface area (Å²) in [6.45, 7) is 5.44. The highest BCUT2D eigenvalue weighted by Crippen LogP contribution is 2.11. The maximum Gasteiger partial charge on any atom is 0.191 e. The molecule has 0 spiro atoms. The summed E-state index contributed by atoms with van der Waals surface area (Å²) < 4.78 is 23.0. The van der Waals surface area contributed by atoms with E-state index in [-0.39, 0.29) is 0 Å². The summed E-state index contributed by atoms with van der Waals surface area (Å²) in [5.74, 6) is 0.701. The lowest BCUT2D eigenvalue weighted by atomic mass is 10.1. The van der Waals surface area contributed by atoms with Crippen LogP contribution < -0.4 is 10.6 Å². The van der Waals surface area contributed by atoms with Gasteiger partial charge in [0.1, 0.15) is 0 Å². The lowest BCUT2D eigenvalue weighted by Gasteiger charge is -2.13. The third kappa shape index (κ3) is 5.60. The van der Waals surface area contributed by atoms with E-state index in [2.05, 4.69) is 47.7 Å². The van der Waals surface area contributed by atoms with E-state index < -0.39 is 9.84 Å². The van der Waals surface area contributed by atoms with Crippen LogP contribution in [0.15, 0.2) is 52.4 Å². The number of nitrogens with one attached hydrogen (secondary N) is 2. The first kappa shape index (κ1) is 19.0. The van der Waals surface area contributed by atoms with Crippen LogP contribution in [0, 0.1) is 13.8 Å². The molecule has 0 heterocycles. The third-order valence-electron chi connectivity index (χ3n) is 3.98. The molecule has 0 atom stereocenters. The molecule has 0 fully saturated rings. The van der Waals surface area contributed by atoms with Crippen molar-refractivity contribution in [3.8, 4) is 0 Å². The van der Waals surface area contributed by atoms with E-state index in [1.165, 1.54) is 22.9 Å². The molecule has 2 rings (SSSR count). The Morgan fingerprint density at radius 2 is 1.64 bits per heavy atom. The Bertz CT molecular complexity index is 857. The van der Waals surface area contributed by atoms with Gasteiger partial charge in [0.25, 0.3) is 0 Å². The molecule has 25 heavy (non-hydrogen) atoms. The van der Waals surface area contributed by atoms with Crippen molar-refractivity contribution in [2.75, 3.05) is 13.3 Å². The lowest BCUT2D eigenvalue weighted by Crippen LogP contribution is -2.36. The molecule has 2 aromatic carbocycles. The zero-order valence-electron chi connectivity index (χ0n) is 15.1. The fraction of sp³-hybridized carbons (Fsp3) is 0.316. The number of rotatable bonds is 5. The molecule has 0 radical (unpaired) electrons. The molecule has 0 aliphatic carbocycles. The molecule has 0 amide bonds. The minimum absolute atomic E-state index is 0.327. The van der Waals surface area contributed by atoms with Gasteiger partial charge in [-0.1, -0.05) is 35.9 Å². The maximum absolute atomic E-state index is 11.5. The summed E-state index contributed by atoms with van der Waals surface area (Å²) in [7, 11) is -1.43. The van der Waals surface area contributed by atoms with Crippen LogP contribution in [0.5, 0.6) is 0 Å². The Balaban J connectivity index is 1.92. The highest BCUT2D eigenvalue weighted by Gasteiger charge is 2.06. The number of guanidine groups is 1. The monoisotopic (exact) mass is 359 g/mol. The average molecular weight is 359 g/mol. The summed E-state index contributed by atoms with van der Waals surface area (Å²) in [6.07, 6.45) is 1.21. The summed E-state index contributed by atoms with van der Waals surface area (Å²) in [4.78, 5) is 4.55. The van der Waals surface area contributed by atoms with Crippen molar-refractivity contribution < 1.29 is 8.42 Å². The van der Waals surface area contributed by atoms with Gasteiger partial charge < -0.3 is 10.6 Å². The number of aliphatic imine (C=N–C) groups is 1. The van der Waals surface area contributed by atoms with Crippen molar-refractivity contribution >= 4 is 15.8 Å². The zero-order chi connectivity index (χ0) is 18.4. The highest BCUT2D eigenvalue weighted by atomic mass is 32.2. The van der Waals surface area contributed by atoms with Crippen molar-refractivity contribution in [1.82, 2.24) is 10.6 Å². The van der Waals surface area contributed by atoms with Crippen LogP contribution in [-0.2, 0) is 22.9 Å². The highest BCUT2D eigenvalue weighted by molar-refractivity contribution is 7.90. The maximum atomic E-state index is 11.5. The van der Waals surface area contributed by atoms with E-state index in [0.29, 0.717) is 23.9 Å². The van der Waals surface area contributed by atoms with E-state index >= 15 is 0 Å². The van der Waals surface area contributed by atoms with Gasteiger partial charge in [-0.25, -0.2) is 8.42 Å². The quantitative estimate of drug-likeness (QED) is 0.636. The summed E-state index contributed by atoms with van der Waals surface area (Å²) in [5.41, 5.74) is 4.72. The number of hydrogen-bond acceptors (Lipinski definition) is 3.